The molecule has 1 aromatic rings. The number of benzene rings is 1. The van der Waals surface area contributed by atoms with Crippen LogP contribution in [-0.2, 0) is 11.2 Å². The van der Waals surface area contributed by atoms with Crippen LogP contribution in [0.4, 0.5) is 0 Å². The van der Waals surface area contributed by atoms with Crippen molar-refractivity contribution in [3.05, 3.63) is 29.3 Å². The molecule has 2 N–H and O–H groups in total. The van der Waals surface area contributed by atoms with Gasteiger partial charge in [0.15, 0.2) is 0 Å². The first-order valence-corrected chi connectivity index (χ1v) is 4.19. The van der Waals surface area contributed by atoms with E-state index in [4.69, 9.17) is 0 Å². The number of nitrogens with one attached hydrogen (secondary N) is 1. The van der Waals surface area contributed by atoms with E-state index in [0.29, 0.717) is 25.1 Å². The van der Waals surface area contributed by atoms with E-state index in [-0.39, 0.29) is 0 Å². The molecule has 3 heteroatoms. The van der Waals surface area contributed by atoms with Gasteiger partial charge in [0.05, 0.1) is 0 Å². The van der Waals surface area contributed by atoms with Gasteiger partial charge < -0.3 is 10.4 Å². The minimum absolute atomic E-state index is 0.299. The Hall–Kier alpha value is -1.51. The Bertz CT molecular complexity index is 297. The highest BCUT2D eigenvalue weighted by Crippen LogP contribution is 2.18. The molecule has 0 spiro atoms. The smallest absolute Gasteiger partial charge is 0.207 e. The Balaban J connectivity index is 2.61. The SMILES string of the molecule is Cc1ccc(CCNC=O)c(O)c1. The molecule has 0 aliphatic carbocycles. The van der Waals surface area contributed by atoms with Crippen LogP contribution in [0, 0.1) is 6.92 Å². The van der Waals surface area contributed by atoms with Gasteiger partial charge in [-0.05, 0) is 30.5 Å². The summed E-state index contributed by atoms with van der Waals surface area (Å²) in [4.78, 5) is 9.96. The van der Waals surface area contributed by atoms with Crippen LogP contribution < -0.4 is 5.32 Å². The Morgan fingerprint density at radius 3 is 2.92 bits per heavy atom. The summed E-state index contributed by atoms with van der Waals surface area (Å²) in [6.45, 7) is 2.48. The largest absolute Gasteiger partial charge is 0.508 e. The van der Waals surface area contributed by atoms with Crippen molar-refractivity contribution < 1.29 is 9.90 Å². The summed E-state index contributed by atoms with van der Waals surface area (Å²) in [5, 5.41) is 12.0. The topological polar surface area (TPSA) is 49.3 Å². The standard InChI is InChI=1S/C10H13NO2/c1-8-2-3-9(10(13)6-8)4-5-11-7-12/h2-3,6-7,13H,4-5H2,1H3,(H,11,12). The maximum absolute atomic E-state index is 9.96. The van der Waals surface area contributed by atoms with Crippen molar-refractivity contribution >= 4 is 6.41 Å². The van der Waals surface area contributed by atoms with Gasteiger partial charge in [-0.1, -0.05) is 12.1 Å². The highest BCUT2D eigenvalue weighted by atomic mass is 16.3. The second kappa shape index (κ2) is 4.50. The number of aromatic hydroxyl groups is 1. The van der Waals surface area contributed by atoms with Crippen molar-refractivity contribution in [3.63, 3.8) is 0 Å². The average Bonchev–Trinajstić information content (AvgIpc) is 2.09. The monoisotopic (exact) mass is 179 g/mol. The molecule has 0 radical (unpaired) electrons. The number of phenolic OH excluding ortho intramolecular Hbond substituents is 1. The number of hydrogen-bond donors (Lipinski definition) is 2. The van der Waals surface area contributed by atoms with Crippen molar-refractivity contribution in [2.24, 2.45) is 0 Å². The zero-order chi connectivity index (χ0) is 9.68. The summed E-state index contributed by atoms with van der Waals surface area (Å²) in [6.07, 6.45) is 1.32. The van der Waals surface area contributed by atoms with Gasteiger partial charge in [0.2, 0.25) is 6.41 Å². The number of phenols is 1. The van der Waals surface area contributed by atoms with Gasteiger partial charge in [0, 0.05) is 6.54 Å². The van der Waals surface area contributed by atoms with Crippen LogP contribution in [0.15, 0.2) is 18.2 Å². The van der Waals surface area contributed by atoms with Crippen LogP contribution in [0.2, 0.25) is 0 Å². The first-order valence-electron chi connectivity index (χ1n) is 4.19. The molecule has 1 aromatic carbocycles. The van der Waals surface area contributed by atoms with Gasteiger partial charge in [0.1, 0.15) is 5.75 Å². The zero-order valence-corrected chi connectivity index (χ0v) is 7.58. The summed E-state index contributed by atoms with van der Waals surface area (Å²) in [5.74, 6) is 0.299. The van der Waals surface area contributed by atoms with Gasteiger partial charge in [0.25, 0.3) is 0 Å². The number of rotatable bonds is 4. The highest BCUT2D eigenvalue weighted by molar-refractivity contribution is 5.46. The first-order chi connectivity index (χ1) is 6.24. The zero-order valence-electron chi connectivity index (χ0n) is 7.58. The Labute approximate surface area is 77.4 Å². The lowest BCUT2D eigenvalue weighted by atomic mass is 10.1. The molecule has 1 rings (SSSR count). The maximum Gasteiger partial charge on any atom is 0.207 e. The summed E-state index contributed by atoms with van der Waals surface area (Å²) < 4.78 is 0. The molecule has 1 amide bonds. The highest BCUT2D eigenvalue weighted by Gasteiger charge is 1.99. The summed E-state index contributed by atoms with van der Waals surface area (Å²) in [6, 6.07) is 5.53. The van der Waals surface area contributed by atoms with Crippen LogP contribution in [0.25, 0.3) is 0 Å². The minimum atomic E-state index is 0.299. The van der Waals surface area contributed by atoms with E-state index in [2.05, 4.69) is 5.32 Å². The molecule has 0 aliphatic rings. The molecule has 0 unspecified atom stereocenters. The van der Waals surface area contributed by atoms with E-state index in [9.17, 15) is 9.90 Å². The van der Waals surface area contributed by atoms with Crippen LogP contribution in [0.3, 0.4) is 0 Å². The van der Waals surface area contributed by atoms with Gasteiger partial charge in [-0.2, -0.15) is 0 Å². The molecule has 0 aliphatic heterocycles. The molecule has 13 heavy (non-hydrogen) atoms. The van der Waals surface area contributed by atoms with Crippen molar-refractivity contribution in [1.29, 1.82) is 0 Å². The fourth-order valence-electron chi connectivity index (χ4n) is 1.15. The third-order valence-electron chi connectivity index (χ3n) is 1.86. The van der Waals surface area contributed by atoms with Crippen LogP contribution in [0.1, 0.15) is 11.1 Å². The molecule has 70 valence electrons. The number of carbonyl (C=O) groups is 1. The molecule has 0 fully saturated rings. The summed E-state index contributed by atoms with van der Waals surface area (Å²) in [7, 11) is 0. The molecule has 3 nitrogen and oxygen atoms in total. The molecule has 0 saturated heterocycles. The fraction of sp³-hybridized carbons (Fsp3) is 0.300. The number of amides is 1. The third kappa shape index (κ3) is 2.78. The van der Waals surface area contributed by atoms with E-state index in [1.54, 1.807) is 6.07 Å². The van der Waals surface area contributed by atoms with E-state index >= 15 is 0 Å². The number of aryl methyl sites for hydroxylation is 1. The number of carbonyl (C=O) groups excluding carboxylic acids is 1. The van der Waals surface area contributed by atoms with Crippen molar-refractivity contribution in [1.82, 2.24) is 5.32 Å². The van der Waals surface area contributed by atoms with Crippen molar-refractivity contribution in [3.8, 4) is 5.75 Å². The molecule has 0 bridgehead atoms. The summed E-state index contributed by atoms with van der Waals surface area (Å²) >= 11 is 0. The molecular weight excluding hydrogens is 166 g/mol. The van der Waals surface area contributed by atoms with Crippen molar-refractivity contribution in [2.45, 2.75) is 13.3 Å². The summed E-state index contributed by atoms with van der Waals surface area (Å²) in [5.41, 5.74) is 1.89. The van der Waals surface area contributed by atoms with E-state index in [0.717, 1.165) is 11.1 Å². The maximum atomic E-state index is 9.96. The van der Waals surface area contributed by atoms with E-state index in [1.807, 2.05) is 19.1 Å². The van der Waals surface area contributed by atoms with Crippen LogP contribution in [-0.4, -0.2) is 18.1 Å². The fourth-order valence-corrected chi connectivity index (χ4v) is 1.15. The van der Waals surface area contributed by atoms with Crippen molar-refractivity contribution in [2.75, 3.05) is 6.54 Å². The molecular formula is C10H13NO2. The van der Waals surface area contributed by atoms with Crippen LogP contribution in [0.5, 0.6) is 5.75 Å². The van der Waals surface area contributed by atoms with Gasteiger partial charge in [-0.15, -0.1) is 0 Å². The molecule has 0 aromatic heterocycles. The Morgan fingerprint density at radius 2 is 2.31 bits per heavy atom. The van der Waals surface area contributed by atoms with Gasteiger partial charge in [-0.3, -0.25) is 4.79 Å². The minimum Gasteiger partial charge on any atom is -0.508 e. The second-order valence-electron chi connectivity index (χ2n) is 2.95. The quantitative estimate of drug-likeness (QED) is 0.535. The Morgan fingerprint density at radius 1 is 1.54 bits per heavy atom. The third-order valence-corrected chi connectivity index (χ3v) is 1.86. The normalized spacial score (nSPS) is 9.62. The first kappa shape index (κ1) is 9.58. The predicted molar refractivity (Wildman–Crippen MR) is 50.6 cm³/mol. The average molecular weight is 179 g/mol. The van der Waals surface area contributed by atoms with Gasteiger partial charge in [-0.25, -0.2) is 0 Å². The van der Waals surface area contributed by atoms with Crippen LogP contribution >= 0.6 is 0 Å². The molecule has 0 saturated carbocycles. The number of hydrogen-bond acceptors (Lipinski definition) is 2. The lowest BCUT2D eigenvalue weighted by Crippen LogP contribution is -2.14. The molecule has 0 heterocycles. The molecule has 0 atom stereocenters. The Kier molecular flexibility index (Phi) is 3.31. The lowest BCUT2D eigenvalue weighted by Gasteiger charge is -2.04. The van der Waals surface area contributed by atoms with E-state index in [1.165, 1.54) is 0 Å². The van der Waals surface area contributed by atoms with Gasteiger partial charge >= 0.3 is 0 Å². The van der Waals surface area contributed by atoms with E-state index < -0.39 is 0 Å². The predicted octanol–water partition coefficient (Wildman–Crippen LogP) is 0.989. The lowest BCUT2D eigenvalue weighted by molar-refractivity contribution is -0.109. The second-order valence-corrected chi connectivity index (χ2v) is 2.95.